The van der Waals surface area contributed by atoms with Crippen molar-refractivity contribution in [2.75, 3.05) is 0 Å². The van der Waals surface area contributed by atoms with Gasteiger partial charge in [-0.2, -0.15) is 0 Å². The molecule has 0 aromatic carbocycles. The largest absolute Gasteiger partial charge is 0.0911 e. The Hall–Kier alpha value is -0.260. The monoisotopic (exact) mass is 138 g/mol. The van der Waals surface area contributed by atoms with Crippen LogP contribution in [0.4, 0.5) is 0 Å². The van der Waals surface area contributed by atoms with Gasteiger partial charge in [-0.25, -0.2) is 0 Å². The standard InChI is InChI=1S/C10H18/c1-5-6-9(2,3)10(4)7-8-10/h5-6H,7-8H2,1-4H3. The van der Waals surface area contributed by atoms with Crippen LogP contribution in [0.15, 0.2) is 12.2 Å². The van der Waals surface area contributed by atoms with Crippen LogP contribution in [0.3, 0.4) is 0 Å². The van der Waals surface area contributed by atoms with E-state index in [1.807, 2.05) is 0 Å². The van der Waals surface area contributed by atoms with Gasteiger partial charge < -0.3 is 0 Å². The molecule has 1 rings (SSSR count). The molecular weight excluding hydrogens is 120 g/mol. The van der Waals surface area contributed by atoms with Gasteiger partial charge in [-0.15, -0.1) is 0 Å². The number of allylic oxidation sites excluding steroid dienone is 2. The minimum Gasteiger partial charge on any atom is -0.0911 e. The average molecular weight is 138 g/mol. The second-order valence-electron chi connectivity index (χ2n) is 4.28. The van der Waals surface area contributed by atoms with Gasteiger partial charge in [0.25, 0.3) is 0 Å². The molecule has 0 heteroatoms. The predicted octanol–water partition coefficient (Wildman–Crippen LogP) is 3.39. The van der Waals surface area contributed by atoms with Gasteiger partial charge in [0.15, 0.2) is 0 Å². The van der Waals surface area contributed by atoms with Crippen molar-refractivity contribution in [3.8, 4) is 0 Å². The Kier molecular flexibility index (Phi) is 1.66. The highest BCUT2D eigenvalue weighted by Crippen LogP contribution is 2.58. The Labute approximate surface area is 64.3 Å². The van der Waals surface area contributed by atoms with Crippen LogP contribution >= 0.6 is 0 Å². The Morgan fingerprint density at radius 2 is 1.80 bits per heavy atom. The summed E-state index contributed by atoms with van der Waals surface area (Å²) in [5, 5.41) is 0. The summed E-state index contributed by atoms with van der Waals surface area (Å²) in [7, 11) is 0. The van der Waals surface area contributed by atoms with E-state index in [0.29, 0.717) is 10.8 Å². The van der Waals surface area contributed by atoms with E-state index >= 15 is 0 Å². The van der Waals surface area contributed by atoms with Crippen molar-refractivity contribution in [3.05, 3.63) is 12.2 Å². The molecule has 0 radical (unpaired) electrons. The quantitative estimate of drug-likeness (QED) is 0.513. The van der Waals surface area contributed by atoms with Crippen LogP contribution in [-0.2, 0) is 0 Å². The van der Waals surface area contributed by atoms with E-state index < -0.39 is 0 Å². The summed E-state index contributed by atoms with van der Waals surface area (Å²) in [6.07, 6.45) is 7.32. The summed E-state index contributed by atoms with van der Waals surface area (Å²) in [5.74, 6) is 0. The van der Waals surface area contributed by atoms with Gasteiger partial charge in [0.05, 0.1) is 0 Å². The molecule has 0 N–H and O–H groups in total. The molecule has 1 aliphatic rings. The number of rotatable bonds is 2. The van der Waals surface area contributed by atoms with Crippen molar-refractivity contribution < 1.29 is 0 Å². The molecule has 0 unspecified atom stereocenters. The van der Waals surface area contributed by atoms with Gasteiger partial charge in [0.1, 0.15) is 0 Å². The molecule has 0 heterocycles. The SMILES string of the molecule is CC=CC(C)(C)C1(C)CC1. The van der Waals surface area contributed by atoms with Crippen molar-refractivity contribution >= 4 is 0 Å². The molecule has 1 aliphatic carbocycles. The van der Waals surface area contributed by atoms with Crippen LogP contribution in [-0.4, -0.2) is 0 Å². The van der Waals surface area contributed by atoms with Crippen LogP contribution in [0.2, 0.25) is 0 Å². The minimum absolute atomic E-state index is 0.418. The molecular formula is C10H18. The maximum Gasteiger partial charge on any atom is -0.0121 e. The highest BCUT2D eigenvalue weighted by Gasteiger charge is 2.48. The normalized spacial score (nSPS) is 23.6. The minimum atomic E-state index is 0.418. The molecule has 10 heavy (non-hydrogen) atoms. The van der Waals surface area contributed by atoms with Gasteiger partial charge in [-0.3, -0.25) is 0 Å². The molecule has 0 nitrogen and oxygen atoms in total. The molecule has 0 aromatic heterocycles. The Balaban J connectivity index is 2.67. The Morgan fingerprint density at radius 3 is 2.10 bits per heavy atom. The van der Waals surface area contributed by atoms with E-state index in [4.69, 9.17) is 0 Å². The van der Waals surface area contributed by atoms with E-state index in [2.05, 4.69) is 39.8 Å². The molecule has 0 saturated heterocycles. The van der Waals surface area contributed by atoms with Gasteiger partial charge in [-0.1, -0.05) is 32.9 Å². The lowest BCUT2D eigenvalue weighted by molar-refractivity contribution is 0.282. The lowest BCUT2D eigenvalue weighted by atomic mass is 9.77. The van der Waals surface area contributed by atoms with E-state index in [9.17, 15) is 0 Å². The fourth-order valence-corrected chi connectivity index (χ4v) is 1.45. The fourth-order valence-electron chi connectivity index (χ4n) is 1.45. The zero-order valence-corrected chi connectivity index (χ0v) is 7.57. The number of hydrogen-bond donors (Lipinski definition) is 0. The molecule has 0 amide bonds. The van der Waals surface area contributed by atoms with E-state index in [1.165, 1.54) is 12.8 Å². The van der Waals surface area contributed by atoms with Crippen LogP contribution in [0.1, 0.15) is 40.5 Å². The van der Waals surface area contributed by atoms with Crippen LogP contribution in [0, 0.1) is 10.8 Å². The highest BCUT2D eigenvalue weighted by atomic mass is 14.5. The summed E-state index contributed by atoms with van der Waals surface area (Å²) >= 11 is 0. The summed E-state index contributed by atoms with van der Waals surface area (Å²) in [4.78, 5) is 0. The first-order valence-electron chi connectivity index (χ1n) is 4.16. The third-order valence-corrected chi connectivity index (χ3v) is 3.14. The van der Waals surface area contributed by atoms with Crippen molar-refractivity contribution in [2.24, 2.45) is 10.8 Å². The molecule has 1 fully saturated rings. The fraction of sp³-hybridized carbons (Fsp3) is 0.800. The maximum atomic E-state index is 2.38. The highest BCUT2D eigenvalue weighted by molar-refractivity contribution is 5.09. The molecule has 1 saturated carbocycles. The summed E-state index contributed by atoms with van der Waals surface area (Å²) in [6, 6.07) is 0. The van der Waals surface area contributed by atoms with Crippen LogP contribution in [0.25, 0.3) is 0 Å². The van der Waals surface area contributed by atoms with E-state index in [0.717, 1.165) is 0 Å². The van der Waals surface area contributed by atoms with Crippen LogP contribution < -0.4 is 0 Å². The number of hydrogen-bond acceptors (Lipinski definition) is 0. The second kappa shape index (κ2) is 2.11. The van der Waals surface area contributed by atoms with E-state index in [1.54, 1.807) is 0 Å². The lowest BCUT2D eigenvalue weighted by Crippen LogP contribution is -2.19. The first kappa shape index (κ1) is 7.84. The third kappa shape index (κ3) is 1.12. The zero-order chi connectivity index (χ0) is 7.83. The summed E-state index contributed by atoms with van der Waals surface area (Å²) in [5.41, 5.74) is 1.03. The Morgan fingerprint density at radius 1 is 1.30 bits per heavy atom. The predicted molar refractivity (Wildman–Crippen MR) is 45.9 cm³/mol. The molecule has 0 aromatic rings. The average Bonchev–Trinajstić information content (AvgIpc) is 2.49. The topological polar surface area (TPSA) is 0 Å². The first-order chi connectivity index (χ1) is 4.52. The zero-order valence-electron chi connectivity index (χ0n) is 7.57. The van der Waals surface area contributed by atoms with Gasteiger partial charge in [0, 0.05) is 0 Å². The summed E-state index contributed by atoms with van der Waals surface area (Å²) in [6.45, 7) is 9.15. The second-order valence-corrected chi connectivity index (χ2v) is 4.28. The maximum absolute atomic E-state index is 2.38. The Bertz CT molecular complexity index is 147. The molecule has 0 bridgehead atoms. The molecule has 58 valence electrons. The van der Waals surface area contributed by atoms with E-state index in [-0.39, 0.29) is 0 Å². The van der Waals surface area contributed by atoms with Crippen molar-refractivity contribution in [1.29, 1.82) is 0 Å². The van der Waals surface area contributed by atoms with Crippen molar-refractivity contribution in [2.45, 2.75) is 40.5 Å². The van der Waals surface area contributed by atoms with Gasteiger partial charge in [-0.05, 0) is 30.6 Å². The van der Waals surface area contributed by atoms with Gasteiger partial charge in [0.2, 0.25) is 0 Å². The third-order valence-electron chi connectivity index (χ3n) is 3.14. The molecule has 0 spiro atoms. The molecule has 0 atom stereocenters. The van der Waals surface area contributed by atoms with Crippen LogP contribution in [0.5, 0.6) is 0 Å². The molecule has 0 aliphatic heterocycles. The lowest BCUT2D eigenvalue weighted by Gasteiger charge is -2.28. The first-order valence-corrected chi connectivity index (χ1v) is 4.16. The van der Waals surface area contributed by atoms with Crippen molar-refractivity contribution in [3.63, 3.8) is 0 Å². The van der Waals surface area contributed by atoms with Gasteiger partial charge >= 0.3 is 0 Å². The van der Waals surface area contributed by atoms with Crippen molar-refractivity contribution in [1.82, 2.24) is 0 Å². The summed E-state index contributed by atoms with van der Waals surface area (Å²) < 4.78 is 0. The smallest absolute Gasteiger partial charge is 0.0121 e.